The zero-order valence-electron chi connectivity index (χ0n) is 8.07. The minimum atomic E-state index is 0.215. The molecule has 0 spiro atoms. The maximum absolute atomic E-state index is 4.39. The standard InChI is InChI=1S/C11H13IN2/c1-8-2-4-9(5-3-8)10-6-11(12)14-7-13-10/h2,4-8,10H,3H2,1H3,(H,13,14). The number of nitrogens with one attached hydrogen (secondary N) is 1. The van der Waals surface area contributed by atoms with Crippen LogP contribution in [-0.4, -0.2) is 12.4 Å². The largest absolute Gasteiger partial charge is 0.342 e. The monoisotopic (exact) mass is 300 g/mol. The fourth-order valence-corrected chi connectivity index (χ4v) is 2.03. The van der Waals surface area contributed by atoms with Crippen LogP contribution in [0.25, 0.3) is 0 Å². The Hall–Kier alpha value is -0.580. The molecular formula is C11H13IN2. The van der Waals surface area contributed by atoms with E-state index in [1.165, 1.54) is 5.57 Å². The predicted octanol–water partition coefficient (Wildman–Crippen LogP) is 2.79. The fourth-order valence-electron chi connectivity index (χ4n) is 1.55. The van der Waals surface area contributed by atoms with Crippen LogP contribution in [0.4, 0.5) is 0 Å². The summed E-state index contributed by atoms with van der Waals surface area (Å²) >= 11 is 2.28. The van der Waals surface area contributed by atoms with Crippen molar-refractivity contribution in [2.75, 3.05) is 0 Å². The van der Waals surface area contributed by atoms with Crippen LogP contribution < -0.4 is 5.32 Å². The van der Waals surface area contributed by atoms with Gasteiger partial charge in [0.15, 0.2) is 0 Å². The second kappa shape index (κ2) is 4.29. The molecule has 14 heavy (non-hydrogen) atoms. The SMILES string of the molecule is CC1C=CC(C2C=C(I)NC=N2)=CC1. The van der Waals surface area contributed by atoms with Gasteiger partial charge in [0.1, 0.15) is 0 Å². The third kappa shape index (κ3) is 2.26. The second-order valence-corrected chi connectivity index (χ2v) is 4.82. The van der Waals surface area contributed by atoms with Crippen LogP contribution in [0, 0.1) is 5.92 Å². The van der Waals surface area contributed by atoms with Crippen LogP contribution in [0.2, 0.25) is 0 Å². The van der Waals surface area contributed by atoms with E-state index in [2.05, 4.69) is 64.1 Å². The Bertz CT molecular complexity index is 339. The molecule has 0 radical (unpaired) electrons. The summed E-state index contributed by atoms with van der Waals surface area (Å²) in [5.74, 6) is 0.674. The fraction of sp³-hybridized carbons (Fsp3) is 0.364. The average molecular weight is 300 g/mol. The Morgan fingerprint density at radius 3 is 3.07 bits per heavy atom. The predicted molar refractivity (Wildman–Crippen MR) is 68.5 cm³/mol. The van der Waals surface area contributed by atoms with Crippen molar-refractivity contribution in [1.82, 2.24) is 5.32 Å². The van der Waals surface area contributed by atoms with Crippen LogP contribution in [0.5, 0.6) is 0 Å². The van der Waals surface area contributed by atoms with Crippen LogP contribution in [-0.2, 0) is 0 Å². The van der Waals surface area contributed by atoms with Gasteiger partial charge in [0.2, 0.25) is 0 Å². The van der Waals surface area contributed by atoms with Crippen molar-refractivity contribution < 1.29 is 0 Å². The molecule has 3 heteroatoms. The third-order valence-corrected chi connectivity index (χ3v) is 3.10. The molecule has 0 saturated heterocycles. The molecule has 1 N–H and O–H groups in total. The van der Waals surface area contributed by atoms with Gasteiger partial charge in [-0.15, -0.1) is 0 Å². The molecular weight excluding hydrogens is 287 g/mol. The minimum Gasteiger partial charge on any atom is -0.342 e. The first-order valence-corrected chi connectivity index (χ1v) is 5.87. The summed E-state index contributed by atoms with van der Waals surface area (Å²) in [5, 5.41) is 3.06. The van der Waals surface area contributed by atoms with Crippen LogP contribution in [0.3, 0.4) is 0 Å². The Labute approximate surface area is 98.0 Å². The number of rotatable bonds is 1. The first-order chi connectivity index (χ1) is 6.75. The highest BCUT2D eigenvalue weighted by molar-refractivity contribution is 14.1. The van der Waals surface area contributed by atoms with E-state index in [9.17, 15) is 0 Å². The lowest BCUT2D eigenvalue weighted by Crippen LogP contribution is -2.18. The highest BCUT2D eigenvalue weighted by Crippen LogP contribution is 2.22. The molecule has 0 saturated carbocycles. The van der Waals surface area contributed by atoms with Crippen molar-refractivity contribution in [1.29, 1.82) is 0 Å². The lowest BCUT2D eigenvalue weighted by atomic mass is 9.94. The molecule has 0 aromatic heterocycles. The van der Waals surface area contributed by atoms with Gasteiger partial charge in [-0.1, -0.05) is 25.2 Å². The number of hydrogen-bond donors (Lipinski definition) is 1. The van der Waals surface area contributed by atoms with Gasteiger partial charge >= 0.3 is 0 Å². The Balaban J connectivity index is 2.13. The quantitative estimate of drug-likeness (QED) is 0.584. The van der Waals surface area contributed by atoms with Crippen LogP contribution >= 0.6 is 22.6 Å². The van der Waals surface area contributed by atoms with Crippen molar-refractivity contribution in [2.45, 2.75) is 19.4 Å². The molecule has 0 aromatic carbocycles. The van der Waals surface area contributed by atoms with E-state index in [0.29, 0.717) is 5.92 Å². The number of allylic oxidation sites excluding steroid dienone is 2. The molecule has 0 amide bonds. The molecule has 0 aromatic rings. The normalized spacial score (nSPS) is 30.7. The first kappa shape index (κ1) is 9.96. The highest BCUT2D eigenvalue weighted by Gasteiger charge is 2.13. The molecule has 1 aliphatic carbocycles. The average Bonchev–Trinajstić information content (AvgIpc) is 2.19. The Morgan fingerprint density at radius 1 is 1.57 bits per heavy atom. The van der Waals surface area contributed by atoms with Crippen molar-refractivity contribution in [3.63, 3.8) is 0 Å². The van der Waals surface area contributed by atoms with Crippen molar-refractivity contribution in [2.24, 2.45) is 10.9 Å². The van der Waals surface area contributed by atoms with Gasteiger partial charge < -0.3 is 5.32 Å². The van der Waals surface area contributed by atoms with E-state index in [4.69, 9.17) is 0 Å². The van der Waals surface area contributed by atoms with Gasteiger partial charge in [0.05, 0.1) is 16.1 Å². The van der Waals surface area contributed by atoms with Gasteiger partial charge in [0.25, 0.3) is 0 Å². The van der Waals surface area contributed by atoms with E-state index < -0.39 is 0 Å². The van der Waals surface area contributed by atoms with E-state index in [-0.39, 0.29) is 6.04 Å². The van der Waals surface area contributed by atoms with Crippen molar-refractivity contribution >= 4 is 28.9 Å². The topological polar surface area (TPSA) is 24.4 Å². The second-order valence-electron chi connectivity index (χ2n) is 3.66. The molecule has 2 unspecified atom stereocenters. The molecule has 2 atom stereocenters. The van der Waals surface area contributed by atoms with Gasteiger partial charge in [0, 0.05) is 0 Å². The zero-order chi connectivity index (χ0) is 9.97. The van der Waals surface area contributed by atoms with E-state index in [1.807, 2.05) is 0 Å². The van der Waals surface area contributed by atoms with Gasteiger partial charge in [-0.05, 0) is 46.6 Å². The molecule has 2 nitrogen and oxygen atoms in total. The summed E-state index contributed by atoms with van der Waals surface area (Å²) in [6.07, 6.45) is 11.8. The molecule has 74 valence electrons. The summed E-state index contributed by atoms with van der Waals surface area (Å²) in [4.78, 5) is 4.39. The molecule has 1 aliphatic heterocycles. The maximum atomic E-state index is 4.39. The van der Waals surface area contributed by atoms with E-state index >= 15 is 0 Å². The minimum absolute atomic E-state index is 0.215. The van der Waals surface area contributed by atoms with Crippen molar-refractivity contribution in [3.8, 4) is 0 Å². The number of halogens is 1. The summed E-state index contributed by atoms with van der Waals surface area (Å²) in [5.41, 5.74) is 1.31. The summed E-state index contributed by atoms with van der Waals surface area (Å²) in [6.45, 7) is 2.23. The number of aliphatic imine (C=N–C) groups is 1. The van der Waals surface area contributed by atoms with Gasteiger partial charge in [-0.3, -0.25) is 4.99 Å². The Morgan fingerprint density at radius 2 is 2.43 bits per heavy atom. The van der Waals surface area contributed by atoms with Crippen molar-refractivity contribution in [3.05, 3.63) is 33.6 Å². The maximum Gasteiger partial charge on any atom is 0.0971 e. The smallest absolute Gasteiger partial charge is 0.0971 e. The molecule has 2 aliphatic rings. The number of nitrogens with zero attached hydrogens (tertiary/aromatic N) is 1. The first-order valence-electron chi connectivity index (χ1n) is 4.79. The van der Waals surface area contributed by atoms with E-state index in [0.717, 1.165) is 10.1 Å². The van der Waals surface area contributed by atoms with E-state index in [1.54, 1.807) is 6.34 Å². The number of hydrogen-bond acceptors (Lipinski definition) is 2. The third-order valence-electron chi connectivity index (χ3n) is 2.43. The summed E-state index contributed by atoms with van der Waals surface area (Å²) in [7, 11) is 0. The van der Waals surface area contributed by atoms with Gasteiger partial charge in [-0.2, -0.15) is 0 Å². The summed E-state index contributed by atoms with van der Waals surface area (Å²) in [6, 6.07) is 0.215. The van der Waals surface area contributed by atoms with Gasteiger partial charge in [-0.25, -0.2) is 0 Å². The molecule has 0 bridgehead atoms. The molecule has 2 rings (SSSR count). The molecule has 0 fully saturated rings. The Kier molecular flexibility index (Phi) is 3.05. The van der Waals surface area contributed by atoms with Crippen LogP contribution in [0.15, 0.2) is 38.6 Å². The highest BCUT2D eigenvalue weighted by atomic mass is 127. The molecule has 1 heterocycles. The lowest BCUT2D eigenvalue weighted by molar-refractivity contribution is 0.722. The van der Waals surface area contributed by atoms with Crippen LogP contribution in [0.1, 0.15) is 13.3 Å². The summed E-state index contributed by atoms with van der Waals surface area (Å²) < 4.78 is 1.15. The lowest BCUT2D eigenvalue weighted by Gasteiger charge is -2.18. The zero-order valence-corrected chi connectivity index (χ0v) is 10.2.